The Morgan fingerprint density at radius 3 is 1.98 bits per heavy atom. The van der Waals surface area contributed by atoms with E-state index in [-0.39, 0.29) is 56.2 Å². The van der Waals surface area contributed by atoms with Crippen LogP contribution in [0.4, 0.5) is 15.3 Å². The van der Waals surface area contributed by atoms with Gasteiger partial charge in [0.05, 0.1) is 31.9 Å². The number of aliphatic hydroxyl groups is 2. The molecule has 0 aliphatic carbocycles. The van der Waals surface area contributed by atoms with Crippen LogP contribution in [0.25, 0.3) is 27.9 Å². The minimum absolute atomic E-state index is 0.00165. The van der Waals surface area contributed by atoms with Gasteiger partial charge in [-0.2, -0.15) is 0 Å². The van der Waals surface area contributed by atoms with Crippen molar-refractivity contribution in [1.82, 2.24) is 24.2 Å². The molecule has 3 N–H and O–H groups in total. The van der Waals surface area contributed by atoms with Crippen molar-refractivity contribution in [2.75, 3.05) is 31.6 Å². The quantitative estimate of drug-likeness (QED) is 0.128. The minimum atomic E-state index is -0.738. The first-order valence-electron chi connectivity index (χ1n) is 18.6. The SMILES string of the molecule is Cc1c(NC(=O)c2ccc(CN(CCO)C(=O)OC(C)(C)C)cn2)cccc1-c1cccc(-c2ccn3c(=O)c(CN(CCO)C(=O)OC(C)(C)C)cnc3c2)c1. The molecule has 5 aromatic rings. The van der Waals surface area contributed by atoms with Crippen molar-refractivity contribution in [2.45, 2.75) is 72.8 Å². The number of aromatic nitrogens is 3. The number of benzene rings is 2. The molecular weight excluding hydrogens is 729 g/mol. The van der Waals surface area contributed by atoms with Crippen molar-refractivity contribution in [3.8, 4) is 22.3 Å². The Kier molecular flexibility index (Phi) is 13.1. The predicted molar refractivity (Wildman–Crippen MR) is 217 cm³/mol. The molecule has 0 fully saturated rings. The van der Waals surface area contributed by atoms with Crippen molar-refractivity contribution in [2.24, 2.45) is 0 Å². The van der Waals surface area contributed by atoms with Crippen LogP contribution >= 0.6 is 0 Å². The number of anilines is 1. The zero-order valence-corrected chi connectivity index (χ0v) is 33.4. The molecule has 3 heterocycles. The normalized spacial score (nSPS) is 11.6. The maximum atomic E-state index is 13.5. The highest BCUT2D eigenvalue weighted by atomic mass is 16.6. The van der Waals surface area contributed by atoms with Gasteiger partial charge in [-0.3, -0.25) is 19.0 Å². The van der Waals surface area contributed by atoms with Crippen LogP contribution in [0.5, 0.6) is 0 Å². The first kappa shape index (κ1) is 42.0. The van der Waals surface area contributed by atoms with E-state index in [0.29, 0.717) is 16.9 Å². The Balaban J connectivity index is 1.31. The lowest BCUT2D eigenvalue weighted by molar-refractivity contribution is 0.0192. The van der Waals surface area contributed by atoms with E-state index in [2.05, 4.69) is 15.3 Å². The van der Waals surface area contributed by atoms with Gasteiger partial charge in [-0.05, 0) is 112 Å². The third kappa shape index (κ3) is 11.0. The Hall–Kier alpha value is -6.12. The summed E-state index contributed by atoms with van der Waals surface area (Å²) in [6, 6.07) is 20.5. The number of ether oxygens (including phenoxy) is 2. The summed E-state index contributed by atoms with van der Waals surface area (Å²) in [4.78, 5) is 63.6. The zero-order valence-electron chi connectivity index (χ0n) is 33.4. The maximum absolute atomic E-state index is 13.5. The van der Waals surface area contributed by atoms with E-state index < -0.39 is 29.3 Å². The van der Waals surface area contributed by atoms with E-state index >= 15 is 0 Å². The van der Waals surface area contributed by atoms with Gasteiger partial charge in [0.2, 0.25) is 0 Å². The molecule has 0 bridgehead atoms. The highest BCUT2D eigenvalue weighted by Gasteiger charge is 2.24. The number of rotatable bonds is 12. The van der Waals surface area contributed by atoms with E-state index in [1.165, 1.54) is 26.6 Å². The van der Waals surface area contributed by atoms with Gasteiger partial charge in [0.1, 0.15) is 22.5 Å². The fourth-order valence-corrected chi connectivity index (χ4v) is 5.98. The number of amides is 3. The summed E-state index contributed by atoms with van der Waals surface area (Å²) in [5.41, 5.74) is 4.78. The van der Waals surface area contributed by atoms with Gasteiger partial charge in [0.15, 0.2) is 0 Å². The topological polar surface area (TPSA) is 176 Å². The Morgan fingerprint density at radius 2 is 1.37 bits per heavy atom. The predicted octanol–water partition coefficient (Wildman–Crippen LogP) is 6.44. The largest absolute Gasteiger partial charge is 0.444 e. The lowest BCUT2D eigenvalue weighted by atomic mass is 9.96. The standard InChI is InChI=1S/C43H50N6O8/c1-28-34(12-9-13-35(28)46-38(52)36-15-14-29(24-44-36)26-47(18-20-50)40(54)56-42(2,3)4)32-11-8-10-30(22-32)31-16-17-49-37(23-31)45-25-33(39(49)53)27-48(19-21-51)41(55)57-43(5,6)7/h8-17,22-25,50-51H,18-21,26-27H2,1-7H3,(H,46,52). The lowest BCUT2D eigenvalue weighted by Gasteiger charge is -2.27. The van der Waals surface area contributed by atoms with Gasteiger partial charge in [0.25, 0.3) is 11.5 Å². The summed E-state index contributed by atoms with van der Waals surface area (Å²) in [7, 11) is 0. The number of nitrogens with one attached hydrogen (secondary N) is 1. The Labute approximate surface area is 331 Å². The molecule has 3 aromatic heterocycles. The van der Waals surface area contributed by atoms with E-state index in [0.717, 1.165) is 27.8 Å². The van der Waals surface area contributed by atoms with Gasteiger partial charge in [-0.25, -0.2) is 14.6 Å². The van der Waals surface area contributed by atoms with Crippen molar-refractivity contribution < 1.29 is 34.1 Å². The minimum Gasteiger partial charge on any atom is -0.444 e. The van der Waals surface area contributed by atoms with E-state index in [9.17, 15) is 29.4 Å². The summed E-state index contributed by atoms with van der Waals surface area (Å²) >= 11 is 0. The van der Waals surface area contributed by atoms with Crippen LogP contribution in [0.1, 0.15) is 68.7 Å². The molecular formula is C43H50N6O8. The number of aliphatic hydroxyl groups excluding tert-OH is 2. The highest BCUT2D eigenvalue weighted by Crippen LogP contribution is 2.32. The summed E-state index contributed by atoms with van der Waals surface area (Å²) in [6.45, 7) is 12.1. The number of hydrogen-bond acceptors (Lipinski definition) is 10. The number of carbonyl (C=O) groups is 3. The van der Waals surface area contributed by atoms with Crippen LogP contribution < -0.4 is 10.9 Å². The monoisotopic (exact) mass is 778 g/mol. The average molecular weight is 779 g/mol. The smallest absolute Gasteiger partial charge is 0.410 e. The fourth-order valence-electron chi connectivity index (χ4n) is 5.98. The van der Waals surface area contributed by atoms with Crippen molar-refractivity contribution in [3.05, 3.63) is 118 Å². The molecule has 0 aliphatic heterocycles. The second-order valence-corrected chi connectivity index (χ2v) is 15.5. The first-order chi connectivity index (χ1) is 27.0. The van der Waals surface area contributed by atoms with Crippen LogP contribution in [-0.2, 0) is 22.6 Å². The number of pyridine rings is 2. The van der Waals surface area contributed by atoms with Gasteiger partial charge in [0, 0.05) is 37.4 Å². The fraction of sp³-hybridized carbons (Fsp3) is 0.349. The van der Waals surface area contributed by atoms with Crippen molar-refractivity contribution in [3.63, 3.8) is 0 Å². The van der Waals surface area contributed by atoms with Crippen LogP contribution in [-0.4, -0.2) is 90.0 Å². The van der Waals surface area contributed by atoms with E-state index in [1.54, 1.807) is 59.9 Å². The molecule has 14 nitrogen and oxygen atoms in total. The van der Waals surface area contributed by atoms with E-state index in [1.807, 2.05) is 61.5 Å². The van der Waals surface area contributed by atoms with E-state index in [4.69, 9.17) is 9.47 Å². The van der Waals surface area contributed by atoms with Crippen LogP contribution in [0, 0.1) is 6.92 Å². The summed E-state index contributed by atoms with van der Waals surface area (Å²) in [5.74, 6) is -0.400. The number of carbonyl (C=O) groups excluding carboxylic acids is 3. The number of nitrogens with zero attached hydrogens (tertiary/aromatic N) is 5. The molecule has 0 unspecified atom stereocenters. The van der Waals surface area contributed by atoms with Gasteiger partial charge >= 0.3 is 12.2 Å². The third-order valence-electron chi connectivity index (χ3n) is 8.70. The molecule has 0 saturated carbocycles. The molecule has 300 valence electrons. The second kappa shape index (κ2) is 17.8. The van der Waals surface area contributed by atoms with Crippen LogP contribution in [0.2, 0.25) is 0 Å². The van der Waals surface area contributed by atoms with Crippen LogP contribution in [0.15, 0.2) is 90.1 Å². The molecule has 0 atom stereocenters. The second-order valence-electron chi connectivity index (χ2n) is 15.5. The lowest BCUT2D eigenvalue weighted by Crippen LogP contribution is -2.39. The molecule has 5 rings (SSSR count). The molecule has 3 amide bonds. The third-order valence-corrected chi connectivity index (χ3v) is 8.70. The zero-order chi connectivity index (χ0) is 41.5. The molecule has 0 aliphatic rings. The Morgan fingerprint density at radius 1 is 0.754 bits per heavy atom. The number of fused-ring (bicyclic) bond motifs is 1. The van der Waals surface area contributed by atoms with Gasteiger partial charge in [-0.15, -0.1) is 0 Å². The van der Waals surface area contributed by atoms with Crippen LogP contribution in [0.3, 0.4) is 0 Å². The van der Waals surface area contributed by atoms with Gasteiger partial charge < -0.3 is 34.8 Å². The Bertz CT molecular complexity index is 2290. The summed E-state index contributed by atoms with van der Waals surface area (Å²) in [5, 5.41) is 22.0. The van der Waals surface area contributed by atoms with Crippen molar-refractivity contribution in [1.29, 1.82) is 0 Å². The molecule has 2 aromatic carbocycles. The number of hydrogen-bond donors (Lipinski definition) is 3. The maximum Gasteiger partial charge on any atom is 0.410 e. The highest BCUT2D eigenvalue weighted by molar-refractivity contribution is 6.03. The molecule has 14 heteroatoms. The molecule has 57 heavy (non-hydrogen) atoms. The average Bonchev–Trinajstić information content (AvgIpc) is 3.15. The summed E-state index contributed by atoms with van der Waals surface area (Å²) < 4.78 is 12.3. The molecule has 0 radical (unpaired) electrons. The summed E-state index contributed by atoms with van der Waals surface area (Å²) in [6.07, 6.45) is 3.42. The molecule has 0 spiro atoms. The molecule has 0 saturated heterocycles. The first-order valence-corrected chi connectivity index (χ1v) is 18.6. The van der Waals surface area contributed by atoms with Crippen molar-refractivity contribution >= 4 is 29.4 Å². The van der Waals surface area contributed by atoms with Gasteiger partial charge in [-0.1, -0.05) is 36.4 Å².